The largest absolute Gasteiger partial charge is 0.416 e. The minimum Gasteiger partial charge on any atom is -0.370 e. The van der Waals surface area contributed by atoms with Crippen LogP contribution in [-0.2, 0) is 11.0 Å². The molecule has 0 aliphatic rings. The molecule has 0 atom stereocenters. The molecule has 1 amide bonds. The van der Waals surface area contributed by atoms with Gasteiger partial charge in [0.15, 0.2) is 5.96 Å². The number of nitrogens with zero attached hydrogens (tertiary/aromatic N) is 1. The first-order valence-electron chi connectivity index (χ1n) is 4.78. The highest BCUT2D eigenvalue weighted by Crippen LogP contribution is 2.29. The summed E-state index contributed by atoms with van der Waals surface area (Å²) in [4.78, 5) is 14.2. The number of hydrogen-bond acceptors (Lipinski definition) is 1. The number of alkyl halides is 3. The topological polar surface area (TPSA) is 81.5 Å². The summed E-state index contributed by atoms with van der Waals surface area (Å²) in [6.07, 6.45) is -2.24. The van der Waals surface area contributed by atoms with E-state index >= 15 is 0 Å². The maximum atomic E-state index is 12.4. The molecule has 0 saturated heterocycles. The van der Waals surface area contributed by atoms with E-state index in [0.29, 0.717) is 0 Å². The summed E-state index contributed by atoms with van der Waals surface area (Å²) in [5.74, 6) is -1.15. The van der Waals surface area contributed by atoms with Gasteiger partial charge in [-0.2, -0.15) is 18.2 Å². The van der Waals surface area contributed by atoms with E-state index in [4.69, 9.17) is 11.5 Å². The molecule has 0 aliphatic carbocycles. The average Bonchev–Trinajstić information content (AvgIpc) is 2.25. The summed E-state index contributed by atoms with van der Waals surface area (Å²) in [6, 6.07) is 4.52. The molecule has 0 unspecified atom stereocenters. The summed E-state index contributed by atoms with van der Waals surface area (Å²) in [5.41, 5.74) is 9.37. The Labute approximate surface area is 101 Å². The van der Waals surface area contributed by atoms with Crippen LogP contribution in [0.15, 0.2) is 35.3 Å². The van der Waals surface area contributed by atoms with E-state index in [2.05, 4.69) is 4.99 Å². The van der Waals surface area contributed by atoms with Crippen molar-refractivity contribution in [1.29, 1.82) is 0 Å². The van der Waals surface area contributed by atoms with Crippen LogP contribution in [0.1, 0.15) is 11.1 Å². The van der Waals surface area contributed by atoms with Gasteiger partial charge in [-0.15, -0.1) is 0 Å². The zero-order chi connectivity index (χ0) is 13.8. The van der Waals surface area contributed by atoms with Gasteiger partial charge in [-0.1, -0.05) is 12.1 Å². The predicted molar refractivity (Wildman–Crippen MR) is 61.3 cm³/mol. The molecule has 0 bridgehead atoms. The second kappa shape index (κ2) is 5.35. The van der Waals surface area contributed by atoms with Gasteiger partial charge in [0.05, 0.1) is 5.56 Å². The van der Waals surface area contributed by atoms with Crippen LogP contribution in [0.4, 0.5) is 13.2 Å². The molecule has 96 valence electrons. The van der Waals surface area contributed by atoms with Crippen molar-refractivity contribution in [2.24, 2.45) is 16.5 Å². The fraction of sp³-hybridized carbons (Fsp3) is 0.0909. The van der Waals surface area contributed by atoms with Crippen LogP contribution in [-0.4, -0.2) is 11.9 Å². The number of guanidine groups is 1. The summed E-state index contributed by atoms with van der Waals surface area (Å²) in [7, 11) is 0. The molecule has 4 N–H and O–H groups in total. The maximum absolute atomic E-state index is 12.4. The van der Waals surface area contributed by atoms with Crippen LogP contribution in [0, 0.1) is 0 Å². The van der Waals surface area contributed by atoms with Crippen LogP contribution >= 0.6 is 0 Å². The van der Waals surface area contributed by atoms with E-state index in [0.717, 1.165) is 18.2 Å². The third-order valence-electron chi connectivity index (χ3n) is 1.87. The Hall–Kier alpha value is -2.31. The summed E-state index contributed by atoms with van der Waals surface area (Å²) in [6.45, 7) is 0. The summed E-state index contributed by atoms with van der Waals surface area (Å²) in [5, 5.41) is 0. The van der Waals surface area contributed by atoms with Crippen molar-refractivity contribution in [3.05, 3.63) is 41.5 Å². The Balaban J connectivity index is 2.90. The lowest BCUT2D eigenvalue weighted by Crippen LogP contribution is -2.23. The third-order valence-corrected chi connectivity index (χ3v) is 1.87. The van der Waals surface area contributed by atoms with Gasteiger partial charge in [0, 0.05) is 6.08 Å². The maximum Gasteiger partial charge on any atom is 0.416 e. The highest BCUT2D eigenvalue weighted by molar-refractivity contribution is 5.99. The van der Waals surface area contributed by atoms with E-state index < -0.39 is 23.6 Å². The molecule has 0 aliphatic heterocycles. The minimum absolute atomic E-state index is 0.226. The van der Waals surface area contributed by atoms with Crippen LogP contribution in [0.2, 0.25) is 0 Å². The van der Waals surface area contributed by atoms with Gasteiger partial charge in [0.2, 0.25) is 0 Å². The molecule has 0 fully saturated rings. The molecule has 1 aromatic rings. The fourth-order valence-corrected chi connectivity index (χ4v) is 1.15. The van der Waals surface area contributed by atoms with Gasteiger partial charge >= 0.3 is 6.18 Å². The van der Waals surface area contributed by atoms with Crippen molar-refractivity contribution in [3.63, 3.8) is 0 Å². The highest BCUT2D eigenvalue weighted by Gasteiger charge is 2.30. The number of aliphatic imine (C=N–C) groups is 1. The van der Waals surface area contributed by atoms with Crippen LogP contribution < -0.4 is 11.5 Å². The molecule has 1 rings (SSSR count). The van der Waals surface area contributed by atoms with E-state index in [1.165, 1.54) is 18.2 Å². The first kappa shape index (κ1) is 13.8. The standard InChI is InChI=1S/C11H10F3N3O/c12-11(13,14)8-3-1-2-7(6-8)4-5-9(18)17-10(15)16/h1-6H,(H4,15,16,17,18)/b5-4+. The van der Waals surface area contributed by atoms with Gasteiger partial charge in [-0.05, 0) is 23.8 Å². The molecule has 4 nitrogen and oxygen atoms in total. The number of halogens is 3. The second-order valence-electron chi connectivity index (χ2n) is 3.33. The van der Waals surface area contributed by atoms with Crippen molar-refractivity contribution in [2.45, 2.75) is 6.18 Å². The molecule has 18 heavy (non-hydrogen) atoms. The fourth-order valence-electron chi connectivity index (χ4n) is 1.15. The third kappa shape index (κ3) is 4.28. The SMILES string of the molecule is NC(N)=NC(=O)/C=C/c1cccc(C(F)(F)F)c1. The lowest BCUT2D eigenvalue weighted by molar-refractivity contribution is -0.137. The van der Waals surface area contributed by atoms with E-state index in [-0.39, 0.29) is 5.56 Å². The monoisotopic (exact) mass is 257 g/mol. The molecule has 0 aromatic heterocycles. The molecule has 1 aromatic carbocycles. The van der Waals surface area contributed by atoms with Gasteiger partial charge in [0.1, 0.15) is 0 Å². The van der Waals surface area contributed by atoms with Gasteiger partial charge < -0.3 is 11.5 Å². The Morgan fingerprint density at radius 3 is 2.50 bits per heavy atom. The first-order valence-corrected chi connectivity index (χ1v) is 4.78. The number of rotatable bonds is 2. The van der Waals surface area contributed by atoms with Gasteiger partial charge in [-0.3, -0.25) is 4.79 Å². The summed E-state index contributed by atoms with van der Waals surface area (Å²) >= 11 is 0. The number of hydrogen-bond donors (Lipinski definition) is 2. The molecule has 0 heterocycles. The number of nitrogens with two attached hydrogens (primary N) is 2. The Morgan fingerprint density at radius 1 is 1.28 bits per heavy atom. The molecule has 0 saturated carbocycles. The van der Waals surface area contributed by atoms with Crippen molar-refractivity contribution in [2.75, 3.05) is 0 Å². The van der Waals surface area contributed by atoms with Crippen molar-refractivity contribution in [1.82, 2.24) is 0 Å². The Morgan fingerprint density at radius 2 is 1.94 bits per heavy atom. The van der Waals surface area contributed by atoms with Crippen molar-refractivity contribution in [3.8, 4) is 0 Å². The lowest BCUT2D eigenvalue weighted by Gasteiger charge is -2.06. The van der Waals surface area contributed by atoms with Gasteiger partial charge in [-0.25, -0.2) is 0 Å². The zero-order valence-electron chi connectivity index (χ0n) is 9.11. The Kier molecular flexibility index (Phi) is 4.09. The predicted octanol–water partition coefficient (Wildman–Crippen LogP) is 1.52. The highest BCUT2D eigenvalue weighted by atomic mass is 19.4. The smallest absolute Gasteiger partial charge is 0.370 e. The zero-order valence-corrected chi connectivity index (χ0v) is 9.11. The molecular formula is C11H10F3N3O. The van der Waals surface area contributed by atoms with E-state index in [1.807, 2.05) is 0 Å². The second-order valence-corrected chi connectivity index (χ2v) is 3.33. The molecule has 0 spiro atoms. The molecule has 7 heteroatoms. The van der Waals surface area contributed by atoms with Crippen LogP contribution in [0.5, 0.6) is 0 Å². The molecule has 0 radical (unpaired) electrons. The van der Waals surface area contributed by atoms with Gasteiger partial charge in [0.25, 0.3) is 5.91 Å². The minimum atomic E-state index is -4.42. The van der Waals surface area contributed by atoms with Crippen molar-refractivity contribution < 1.29 is 18.0 Å². The Bertz CT molecular complexity index is 503. The summed E-state index contributed by atoms with van der Waals surface area (Å²) < 4.78 is 37.2. The number of benzene rings is 1. The number of amides is 1. The normalized spacial score (nSPS) is 11.5. The first-order chi connectivity index (χ1) is 8.29. The van der Waals surface area contributed by atoms with Crippen LogP contribution in [0.3, 0.4) is 0 Å². The van der Waals surface area contributed by atoms with E-state index in [1.54, 1.807) is 0 Å². The quantitative estimate of drug-likeness (QED) is 0.478. The molecular weight excluding hydrogens is 247 g/mol. The van der Waals surface area contributed by atoms with E-state index in [9.17, 15) is 18.0 Å². The lowest BCUT2D eigenvalue weighted by atomic mass is 10.1. The number of carbonyl (C=O) groups excluding carboxylic acids is 1. The number of carbonyl (C=O) groups is 1. The van der Waals surface area contributed by atoms with Crippen LogP contribution in [0.25, 0.3) is 6.08 Å². The average molecular weight is 257 g/mol. The van der Waals surface area contributed by atoms with Crippen molar-refractivity contribution >= 4 is 17.9 Å².